The Kier molecular flexibility index (Phi) is 14.7. The molecule has 0 unspecified atom stereocenters. The summed E-state index contributed by atoms with van der Waals surface area (Å²) in [6.45, 7) is 0. The second-order valence-corrected chi connectivity index (χ2v) is 5.94. The Balaban J connectivity index is 0.000000311. The molecule has 0 saturated heterocycles. The normalized spacial score (nSPS) is 9.79. The van der Waals surface area contributed by atoms with Crippen LogP contribution < -0.4 is 0 Å². The van der Waals surface area contributed by atoms with Crippen LogP contribution in [0.1, 0.15) is 24.0 Å². The number of allylic oxidation sites excluding steroid dienone is 2. The summed E-state index contributed by atoms with van der Waals surface area (Å²) in [7, 11) is 0. The van der Waals surface area contributed by atoms with E-state index in [1.54, 1.807) is 0 Å². The van der Waals surface area contributed by atoms with E-state index in [9.17, 15) is 0 Å². The molecule has 4 aromatic carbocycles. The van der Waals surface area contributed by atoms with Gasteiger partial charge in [0.05, 0.1) is 0 Å². The largest absolute Gasteiger partial charge is 0.276 e. The van der Waals surface area contributed by atoms with E-state index in [0.29, 0.717) is 0 Å². The van der Waals surface area contributed by atoms with Crippen molar-refractivity contribution < 1.29 is 21.7 Å². The monoisotopic (exact) mass is 410 g/mol. The van der Waals surface area contributed by atoms with Crippen LogP contribution in [0.4, 0.5) is 0 Å². The third kappa shape index (κ3) is 13.2. The van der Waals surface area contributed by atoms with E-state index < -0.39 is 0 Å². The maximum absolute atomic E-state index is 3.28. The molecule has 0 radical (unpaired) electrons. The maximum atomic E-state index is 3.28. The molecule has 0 amide bonds. The molecule has 0 atom stereocenters. The molecule has 0 bridgehead atoms. The molecule has 0 spiro atoms. The molecule has 0 heterocycles. The number of benzene rings is 2. The molecule has 1 heteroatoms. The molecule has 0 aliphatic heterocycles. The van der Waals surface area contributed by atoms with E-state index in [1.807, 2.05) is 109 Å². The Morgan fingerprint density at radius 3 is 1.14 bits per heavy atom. The van der Waals surface area contributed by atoms with Gasteiger partial charge in [0.2, 0.25) is 0 Å². The molecule has 0 aromatic heterocycles. The van der Waals surface area contributed by atoms with Crippen molar-refractivity contribution in [3.63, 3.8) is 0 Å². The molecular weight excluding hydrogens is 384 g/mol. The van der Waals surface area contributed by atoms with E-state index in [-0.39, 0.29) is 21.7 Å². The smallest absolute Gasteiger partial charge is 0 e. The van der Waals surface area contributed by atoms with Gasteiger partial charge in [-0.15, -0.1) is 37.1 Å². The van der Waals surface area contributed by atoms with Crippen molar-refractivity contribution in [1.29, 1.82) is 0 Å². The van der Waals surface area contributed by atoms with Crippen molar-refractivity contribution in [1.82, 2.24) is 0 Å². The second-order valence-electron chi connectivity index (χ2n) is 5.94. The van der Waals surface area contributed by atoms with Crippen molar-refractivity contribution in [3.8, 4) is 0 Å². The molecule has 4 rings (SSSR count). The minimum absolute atomic E-state index is 0. The van der Waals surface area contributed by atoms with Crippen LogP contribution in [0.3, 0.4) is 0 Å². The molecule has 146 valence electrons. The molecule has 0 fully saturated rings. The summed E-state index contributed by atoms with van der Waals surface area (Å²) in [6, 6.07) is 40.5. The molecule has 0 aliphatic carbocycles. The quantitative estimate of drug-likeness (QED) is 0.180. The molecular formula is C28H26Ti-4. The van der Waals surface area contributed by atoms with Gasteiger partial charge in [-0.05, 0) is 0 Å². The van der Waals surface area contributed by atoms with Crippen LogP contribution in [0.5, 0.6) is 0 Å². The van der Waals surface area contributed by atoms with Gasteiger partial charge in [-0.1, -0.05) is 36.4 Å². The summed E-state index contributed by atoms with van der Waals surface area (Å²) in [5, 5.41) is 0. The average molecular weight is 410 g/mol. The molecule has 0 aliphatic rings. The maximum Gasteiger partial charge on any atom is 0 e. The van der Waals surface area contributed by atoms with Crippen LogP contribution in [-0.2, 0) is 21.7 Å². The number of rotatable bonds is 5. The van der Waals surface area contributed by atoms with Crippen molar-refractivity contribution in [2.45, 2.75) is 12.8 Å². The van der Waals surface area contributed by atoms with Gasteiger partial charge in [-0.25, -0.2) is 36.4 Å². The van der Waals surface area contributed by atoms with Crippen LogP contribution >= 0.6 is 0 Å². The van der Waals surface area contributed by atoms with Gasteiger partial charge in [-0.2, -0.15) is 47.5 Å². The summed E-state index contributed by atoms with van der Waals surface area (Å²) in [6.07, 6.45) is 12.4. The number of hydrogen-bond acceptors (Lipinski definition) is 0. The zero-order valence-electron chi connectivity index (χ0n) is 16.6. The zero-order chi connectivity index (χ0) is 19.5. The summed E-state index contributed by atoms with van der Waals surface area (Å²) in [4.78, 5) is 0. The Morgan fingerprint density at radius 2 is 0.862 bits per heavy atom. The van der Waals surface area contributed by atoms with Crippen molar-refractivity contribution in [3.05, 3.63) is 145 Å². The van der Waals surface area contributed by atoms with Crippen molar-refractivity contribution in [2.24, 2.45) is 0 Å². The SMILES string of the molecule is [C-](=Cc1ccccc1)CC[C-]=Cc1ccccc1.[Ti].c1cc[cH-]c1.c1cc[cH-]c1. The summed E-state index contributed by atoms with van der Waals surface area (Å²) in [5.41, 5.74) is 2.40. The first-order valence-corrected chi connectivity index (χ1v) is 9.52. The first-order chi connectivity index (χ1) is 13.9. The van der Waals surface area contributed by atoms with Crippen LogP contribution in [0, 0.1) is 12.2 Å². The summed E-state index contributed by atoms with van der Waals surface area (Å²) < 4.78 is 0. The summed E-state index contributed by atoms with van der Waals surface area (Å²) >= 11 is 0. The first-order valence-electron chi connectivity index (χ1n) is 9.52. The van der Waals surface area contributed by atoms with Gasteiger partial charge < -0.3 is 0 Å². The van der Waals surface area contributed by atoms with Gasteiger partial charge in [0.25, 0.3) is 0 Å². The first kappa shape index (κ1) is 24.4. The van der Waals surface area contributed by atoms with E-state index in [2.05, 4.69) is 36.4 Å². The molecule has 29 heavy (non-hydrogen) atoms. The van der Waals surface area contributed by atoms with Crippen LogP contribution in [0.25, 0.3) is 12.2 Å². The van der Waals surface area contributed by atoms with Crippen LogP contribution in [-0.4, -0.2) is 0 Å². The zero-order valence-corrected chi connectivity index (χ0v) is 18.2. The van der Waals surface area contributed by atoms with E-state index in [1.165, 1.54) is 11.1 Å². The fourth-order valence-electron chi connectivity index (χ4n) is 2.26. The van der Waals surface area contributed by atoms with Gasteiger partial charge in [0.15, 0.2) is 0 Å². The van der Waals surface area contributed by atoms with E-state index in [0.717, 1.165) is 12.8 Å². The van der Waals surface area contributed by atoms with Gasteiger partial charge >= 0.3 is 0 Å². The average Bonchev–Trinajstić information content (AvgIpc) is 3.51. The molecule has 0 saturated carbocycles. The standard InChI is InChI=1S/C18H16.2C5H5.Ti/c1(5-11-17-13-7-3-8-14-17)2-6-12-18-15-9-4-10-16-18;2*1-2-4-5-3-1;/h3-4,7-16H,1-2H2;2*1-5H;/q-2;2*-1;. The minimum atomic E-state index is 0. The van der Waals surface area contributed by atoms with Crippen molar-refractivity contribution >= 4 is 12.2 Å². The third-order valence-corrected chi connectivity index (χ3v) is 3.66. The fraction of sp³-hybridized carbons (Fsp3) is 0.0714. The Labute approximate surface area is 190 Å². The number of hydrogen-bond donors (Lipinski definition) is 0. The molecule has 4 aromatic rings. The van der Waals surface area contributed by atoms with E-state index in [4.69, 9.17) is 0 Å². The molecule has 0 nitrogen and oxygen atoms in total. The molecule has 0 N–H and O–H groups in total. The minimum Gasteiger partial charge on any atom is -0.276 e. The van der Waals surface area contributed by atoms with Crippen LogP contribution in [0.2, 0.25) is 0 Å². The topological polar surface area (TPSA) is 0 Å². The third-order valence-electron chi connectivity index (χ3n) is 3.66. The fourth-order valence-corrected chi connectivity index (χ4v) is 2.26. The second kappa shape index (κ2) is 17.4. The van der Waals surface area contributed by atoms with Gasteiger partial charge in [0.1, 0.15) is 0 Å². The van der Waals surface area contributed by atoms with E-state index >= 15 is 0 Å². The Hall–Kier alpha value is -2.67. The number of unbranched alkanes of at least 4 members (excludes halogenated alkanes) is 1. The predicted octanol–water partition coefficient (Wildman–Crippen LogP) is 7.61. The predicted molar refractivity (Wildman–Crippen MR) is 122 cm³/mol. The van der Waals surface area contributed by atoms with Crippen LogP contribution in [0.15, 0.2) is 121 Å². The Bertz CT molecular complexity index is 729. The van der Waals surface area contributed by atoms with Crippen molar-refractivity contribution in [2.75, 3.05) is 0 Å². The summed E-state index contributed by atoms with van der Waals surface area (Å²) in [5.74, 6) is 0. The van der Waals surface area contributed by atoms with Gasteiger partial charge in [-0.3, -0.25) is 12.2 Å². The Morgan fingerprint density at radius 1 is 0.517 bits per heavy atom. The van der Waals surface area contributed by atoms with Gasteiger partial charge in [0, 0.05) is 21.7 Å².